The minimum atomic E-state index is 0.550. The first-order valence-electron chi connectivity index (χ1n) is 44.8. The van der Waals surface area contributed by atoms with Crippen molar-refractivity contribution in [2.45, 2.75) is 0 Å². The van der Waals surface area contributed by atoms with Crippen molar-refractivity contribution in [1.82, 2.24) is 48.2 Å². The molecule has 0 spiro atoms. The maximum Gasteiger partial charge on any atom is 0.167 e. The summed E-state index contributed by atoms with van der Waals surface area (Å²) in [5.41, 5.74) is 23.8. The van der Waals surface area contributed by atoms with E-state index in [1.54, 1.807) is 0 Å². The van der Waals surface area contributed by atoms with Gasteiger partial charge in [-0.25, -0.2) is 29.9 Å². The van der Waals surface area contributed by atoms with E-state index >= 15 is 0 Å². The van der Waals surface area contributed by atoms with Gasteiger partial charge in [-0.05, 0) is 160 Å². The largest absolute Gasteiger partial charge is 0.455 e. The molecule has 0 radical (unpaired) electrons. The van der Waals surface area contributed by atoms with Gasteiger partial charge in [-0.2, -0.15) is 0 Å². The fourth-order valence-electron chi connectivity index (χ4n) is 21.0. The fourth-order valence-corrected chi connectivity index (χ4v) is 21.0. The predicted octanol–water partition coefficient (Wildman–Crippen LogP) is 31.3. The predicted molar refractivity (Wildman–Crippen MR) is 544 cm³/mol. The average Bonchev–Trinajstić information content (AvgIpc) is 1.58. The van der Waals surface area contributed by atoms with Crippen molar-refractivity contribution in [2.24, 2.45) is 0 Å². The van der Waals surface area contributed by atoms with E-state index in [4.69, 9.17) is 43.2 Å². The Kier molecular flexibility index (Phi) is 16.2. The van der Waals surface area contributed by atoms with Gasteiger partial charge in [-0.3, -0.25) is 0 Å². The van der Waals surface area contributed by atoms with E-state index in [0.29, 0.717) is 34.9 Å². The number of hydrogen-bond acceptors (Lipinski definition) is 9. The van der Waals surface area contributed by atoms with Gasteiger partial charge in [0.25, 0.3) is 0 Å². The highest BCUT2D eigenvalue weighted by Crippen LogP contribution is 2.49. The van der Waals surface area contributed by atoms with E-state index in [0.717, 1.165) is 198 Å². The lowest BCUT2D eigenvalue weighted by molar-refractivity contribution is 0.667. The van der Waals surface area contributed by atoms with Gasteiger partial charge in [0, 0.05) is 110 Å². The van der Waals surface area contributed by atoms with E-state index in [9.17, 15) is 0 Å². The quantitative estimate of drug-likeness (QED) is 0.123. The average molecular weight is 1700 g/mol. The van der Waals surface area contributed by atoms with Crippen LogP contribution >= 0.6 is 0 Å². The summed E-state index contributed by atoms with van der Waals surface area (Å²) >= 11 is 0. The molecule has 0 fully saturated rings. The van der Waals surface area contributed by atoms with Crippen LogP contribution in [0.5, 0.6) is 0 Å². The molecular formula is C120H70N10O3. The second-order valence-corrected chi connectivity index (χ2v) is 34.2. The van der Waals surface area contributed by atoms with Gasteiger partial charge >= 0.3 is 0 Å². The van der Waals surface area contributed by atoms with Gasteiger partial charge in [0.05, 0.1) is 66.2 Å². The number of furan rings is 3. The molecule has 20 aromatic carbocycles. The normalized spacial score (nSPS) is 12.1. The molecule has 13 heteroatoms. The molecule has 133 heavy (non-hydrogen) atoms. The zero-order chi connectivity index (χ0) is 87.0. The van der Waals surface area contributed by atoms with Crippen molar-refractivity contribution < 1.29 is 13.3 Å². The van der Waals surface area contributed by atoms with E-state index in [1.165, 1.54) is 43.1 Å². The van der Waals surface area contributed by atoms with Gasteiger partial charge in [-0.1, -0.05) is 297 Å². The third-order valence-electron chi connectivity index (χ3n) is 26.9. The third kappa shape index (κ3) is 11.4. The Hall–Kier alpha value is -18.2. The molecule has 0 saturated carbocycles. The lowest BCUT2D eigenvalue weighted by atomic mass is 9.93. The molecule has 9 heterocycles. The van der Waals surface area contributed by atoms with Gasteiger partial charge < -0.3 is 31.5 Å². The van der Waals surface area contributed by atoms with Crippen LogP contribution in [0.3, 0.4) is 0 Å². The molecule has 0 aliphatic carbocycles. The first-order chi connectivity index (χ1) is 66.0. The third-order valence-corrected chi connectivity index (χ3v) is 26.9. The Balaban J connectivity index is 0.000000133. The van der Waals surface area contributed by atoms with Gasteiger partial charge in [0.2, 0.25) is 0 Å². The number of fused-ring (bicyclic) bond motifs is 29. The van der Waals surface area contributed by atoms with Crippen LogP contribution < -0.4 is 0 Å². The first-order valence-corrected chi connectivity index (χ1v) is 44.8. The highest BCUT2D eigenvalue weighted by Gasteiger charge is 2.28. The van der Waals surface area contributed by atoms with Crippen LogP contribution in [0.1, 0.15) is 0 Å². The highest BCUT2D eigenvalue weighted by molar-refractivity contribution is 6.29. The van der Waals surface area contributed by atoms with Crippen molar-refractivity contribution >= 4 is 185 Å². The summed E-state index contributed by atoms with van der Waals surface area (Å²) in [5, 5.41) is 22.9. The Morgan fingerprint density at radius 3 is 0.955 bits per heavy atom. The zero-order valence-corrected chi connectivity index (χ0v) is 71.1. The molecular weight excluding hydrogens is 1630 g/mol. The molecule has 9 aromatic heterocycles. The molecule has 0 unspecified atom stereocenters. The summed E-state index contributed by atoms with van der Waals surface area (Å²) < 4.78 is 29.8. The van der Waals surface area contributed by atoms with Crippen molar-refractivity contribution in [2.75, 3.05) is 0 Å². The summed E-state index contributed by atoms with van der Waals surface area (Å²) in [7, 11) is 0. The summed E-state index contributed by atoms with van der Waals surface area (Å²) in [6, 6.07) is 149. The molecule has 0 saturated heterocycles. The second kappa shape index (κ2) is 29.2. The Labute approximate surface area is 757 Å². The maximum atomic E-state index is 7.08. The maximum absolute atomic E-state index is 7.08. The number of aromatic nitrogens is 10. The number of nitrogens with zero attached hydrogens (tertiary/aromatic N) is 10. The molecule has 0 bridgehead atoms. The first kappa shape index (κ1) is 73.9. The molecule has 13 nitrogen and oxygen atoms in total. The van der Waals surface area contributed by atoms with Crippen LogP contribution in [0.15, 0.2) is 438 Å². The Morgan fingerprint density at radius 2 is 0.466 bits per heavy atom. The van der Waals surface area contributed by atoms with E-state index in [-0.39, 0.29) is 0 Å². The van der Waals surface area contributed by atoms with Crippen molar-refractivity contribution in [3.63, 3.8) is 0 Å². The van der Waals surface area contributed by atoms with Crippen molar-refractivity contribution in [1.29, 1.82) is 0 Å². The highest BCUT2D eigenvalue weighted by atomic mass is 16.3. The van der Waals surface area contributed by atoms with Crippen LogP contribution in [0.25, 0.3) is 276 Å². The molecule has 29 rings (SSSR count). The van der Waals surface area contributed by atoms with Crippen molar-refractivity contribution in [3.8, 4) is 91.1 Å². The monoisotopic (exact) mass is 1700 g/mol. The minimum absolute atomic E-state index is 0.550. The van der Waals surface area contributed by atoms with Crippen LogP contribution in [-0.4, -0.2) is 48.2 Å². The lowest BCUT2D eigenvalue weighted by Gasteiger charge is -2.15. The van der Waals surface area contributed by atoms with Gasteiger partial charge in [0.15, 0.2) is 40.5 Å². The van der Waals surface area contributed by atoms with Crippen LogP contribution in [0.2, 0.25) is 0 Å². The summed E-state index contributed by atoms with van der Waals surface area (Å²) in [6.45, 7) is 0. The molecule has 0 aliphatic heterocycles. The molecule has 0 N–H and O–H groups in total. The lowest BCUT2D eigenvalue weighted by Crippen LogP contribution is -2.00. The molecule has 618 valence electrons. The van der Waals surface area contributed by atoms with Crippen LogP contribution in [-0.2, 0) is 0 Å². The Bertz CT molecular complexity index is 9800. The number of rotatable bonds is 10. The smallest absolute Gasteiger partial charge is 0.167 e. The van der Waals surface area contributed by atoms with E-state index in [2.05, 4.69) is 297 Å². The van der Waals surface area contributed by atoms with Crippen molar-refractivity contribution in [3.05, 3.63) is 425 Å². The van der Waals surface area contributed by atoms with Crippen LogP contribution in [0.4, 0.5) is 0 Å². The summed E-state index contributed by atoms with van der Waals surface area (Å²) in [6.07, 6.45) is 0. The number of para-hydroxylation sites is 8. The number of hydrogen-bond donors (Lipinski definition) is 0. The Morgan fingerprint density at radius 1 is 0.158 bits per heavy atom. The SMILES string of the molecule is c1ccc(-c2nc(-c3ccccc3)nc(-c3ccc4c5ccc(-n6c7ccccc7c7cc(-n8c9ccccc9c9c%10oc%11ccccc%11c%10ccc98)ccc76)cc5c5ccccc5c4c3)n2)cc1.c1ccc(-c2nc(-c3ccccc3)nc(-c3cccc4c3oc3c(-n5c6ccccc6c6cc(-n7c8ccccc8c8c9oc%10ccccc%10c9ccc87)ccc65)cccc34)n2)cc1. The summed E-state index contributed by atoms with van der Waals surface area (Å²) in [4.78, 5) is 30.2. The molecule has 0 atom stereocenters. The molecule has 0 aliphatic rings. The number of benzene rings is 20. The standard InChI is InChI=1S/C63H37N5O.C57H33N5O2/c1-3-15-38(16-4-1)61-64-62(39-17-5-2-6-18-39)66-63(65-61)40-27-30-45-46-31-28-41(36-52(46)44-20-8-7-19-43(44)51(45)35-40)67-54-24-12-9-21-47(54)53-37-42(29-33-56(53)67)68-55-25-13-10-23-50(55)59-57(68)34-32-49-48-22-11-14-26-58(48)69-60(49)59;1-3-15-34(16-4-1)55-58-56(35-17-5-2-6-18-35)60-57(59-55)43-24-13-22-39-40-23-14-27-49(53(40)64-52(39)43)62-45-25-10-7-19-37(45)44-33-36(29-31-47(44)62)61-46-26-11-8-21-42(46)51-48(61)32-30-41-38-20-9-12-28-50(38)63-54(41)51/h1-37H;1-33H. The van der Waals surface area contributed by atoms with Crippen LogP contribution in [0, 0.1) is 0 Å². The topological polar surface area (TPSA) is 136 Å². The second-order valence-electron chi connectivity index (χ2n) is 34.2. The molecule has 0 amide bonds. The van der Waals surface area contributed by atoms with Gasteiger partial charge in [-0.15, -0.1) is 0 Å². The molecule has 29 aromatic rings. The fraction of sp³-hybridized carbons (Fsp3) is 0. The van der Waals surface area contributed by atoms with Gasteiger partial charge in [0.1, 0.15) is 27.9 Å². The van der Waals surface area contributed by atoms with E-state index in [1.807, 2.05) is 146 Å². The van der Waals surface area contributed by atoms with E-state index < -0.39 is 0 Å². The zero-order valence-electron chi connectivity index (χ0n) is 71.1. The summed E-state index contributed by atoms with van der Waals surface area (Å²) in [5.74, 6) is 3.69. The minimum Gasteiger partial charge on any atom is -0.455 e.